The van der Waals surface area contributed by atoms with E-state index in [0.717, 1.165) is 11.8 Å². The Labute approximate surface area is 108 Å². The lowest BCUT2D eigenvalue weighted by molar-refractivity contribution is 0.0696. The minimum atomic E-state index is -1.22. The summed E-state index contributed by atoms with van der Waals surface area (Å²) in [6.07, 6.45) is 1.91. The first-order valence-electron chi connectivity index (χ1n) is 5.11. The van der Waals surface area contributed by atoms with Gasteiger partial charge in [0.1, 0.15) is 5.82 Å². The van der Waals surface area contributed by atoms with Gasteiger partial charge in [0.2, 0.25) is 0 Å². The highest BCUT2D eigenvalue weighted by Crippen LogP contribution is 2.15. The third kappa shape index (κ3) is 4.25. The highest BCUT2D eigenvalue weighted by Gasteiger charge is 2.10. The Hall–Kier alpha value is -1.76. The number of anilines is 1. The van der Waals surface area contributed by atoms with Gasteiger partial charge in [0.05, 0.1) is 11.3 Å². The number of aromatic carboxylic acids is 1. The van der Waals surface area contributed by atoms with Gasteiger partial charge in [-0.05, 0) is 24.5 Å². The molecule has 0 aliphatic carbocycles. The summed E-state index contributed by atoms with van der Waals surface area (Å²) in [7, 11) is 0. The van der Waals surface area contributed by atoms with Crippen LogP contribution < -0.4 is 10.6 Å². The van der Waals surface area contributed by atoms with Crippen molar-refractivity contribution in [2.45, 2.75) is 0 Å². The van der Waals surface area contributed by atoms with Gasteiger partial charge in [0.15, 0.2) is 0 Å². The maximum atomic E-state index is 13.4. The predicted octanol–water partition coefficient (Wildman–Crippen LogP) is 2.01. The molecule has 1 aromatic rings. The van der Waals surface area contributed by atoms with E-state index in [1.54, 1.807) is 11.8 Å². The van der Waals surface area contributed by atoms with Crippen LogP contribution in [0, 0.1) is 5.82 Å². The molecule has 0 heterocycles. The van der Waals surface area contributed by atoms with Gasteiger partial charge in [-0.2, -0.15) is 11.8 Å². The fourth-order valence-electron chi connectivity index (χ4n) is 1.18. The first-order chi connectivity index (χ1) is 8.54. The lowest BCUT2D eigenvalue weighted by Gasteiger charge is -2.08. The van der Waals surface area contributed by atoms with Crippen molar-refractivity contribution >= 4 is 29.4 Å². The van der Waals surface area contributed by atoms with Crippen molar-refractivity contribution in [1.82, 2.24) is 5.32 Å². The van der Waals surface area contributed by atoms with Gasteiger partial charge in [0.25, 0.3) is 0 Å². The van der Waals surface area contributed by atoms with E-state index in [1.165, 1.54) is 12.1 Å². The fourth-order valence-corrected chi connectivity index (χ4v) is 1.49. The van der Waals surface area contributed by atoms with Crippen LogP contribution in [0.3, 0.4) is 0 Å². The maximum absolute atomic E-state index is 13.4. The minimum Gasteiger partial charge on any atom is -0.478 e. The zero-order chi connectivity index (χ0) is 13.5. The van der Waals surface area contributed by atoms with E-state index >= 15 is 0 Å². The topological polar surface area (TPSA) is 78.4 Å². The molecule has 2 amide bonds. The normalized spacial score (nSPS) is 9.89. The second kappa shape index (κ2) is 6.85. The Morgan fingerprint density at radius 2 is 2.17 bits per heavy atom. The number of rotatable bonds is 5. The van der Waals surface area contributed by atoms with Crippen LogP contribution >= 0.6 is 11.8 Å². The number of amides is 2. The number of hydrogen-bond donors (Lipinski definition) is 3. The minimum absolute atomic E-state index is 0.0540. The molecule has 0 fully saturated rings. The van der Waals surface area contributed by atoms with Crippen molar-refractivity contribution in [2.75, 3.05) is 23.9 Å². The average Bonchev–Trinajstić information content (AvgIpc) is 2.32. The summed E-state index contributed by atoms with van der Waals surface area (Å²) in [6.45, 7) is 0.474. The third-order valence-corrected chi connectivity index (χ3v) is 2.67. The average molecular weight is 272 g/mol. The molecule has 0 saturated heterocycles. The monoisotopic (exact) mass is 272 g/mol. The highest BCUT2D eigenvalue weighted by atomic mass is 32.2. The van der Waals surface area contributed by atoms with E-state index in [4.69, 9.17) is 5.11 Å². The molecular formula is C11H13FN2O3S. The van der Waals surface area contributed by atoms with Crippen LogP contribution in [-0.2, 0) is 0 Å². The molecular weight excluding hydrogens is 259 g/mol. The molecule has 98 valence electrons. The highest BCUT2D eigenvalue weighted by molar-refractivity contribution is 7.98. The van der Waals surface area contributed by atoms with Gasteiger partial charge >= 0.3 is 12.0 Å². The maximum Gasteiger partial charge on any atom is 0.335 e. The van der Waals surface area contributed by atoms with Crippen molar-refractivity contribution in [3.63, 3.8) is 0 Å². The molecule has 0 atom stereocenters. The summed E-state index contributed by atoms with van der Waals surface area (Å²) in [6, 6.07) is 2.78. The quantitative estimate of drug-likeness (QED) is 0.716. The molecule has 0 spiro atoms. The second-order valence-corrected chi connectivity index (χ2v) is 4.36. The second-order valence-electron chi connectivity index (χ2n) is 3.37. The number of hydrogen-bond acceptors (Lipinski definition) is 3. The summed E-state index contributed by atoms with van der Waals surface area (Å²) < 4.78 is 13.4. The summed E-state index contributed by atoms with van der Waals surface area (Å²) in [5.74, 6) is -1.24. The van der Waals surface area contributed by atoms with Gasteiger partial charge in [-0.15, -0.1) is 0 Å². The van der Waals surface area contributed by atoms with Crippen molar-refractivity contribution in [2.24, 2.45) is 0 Å². The zero-order valence-electron chi connectivity index (χ0n) is 9.70. The van der Waals surface area contributed by atoms with Crippen LogP contribution in [0.25, 0.3) is 0 Å². The van der Waals surface area contributed by atoms with Crippen molar-refractivity contribution in [1.29, 1.82) is 0 Å². The Balaban J connectivity index is 2.62. The number of urea groups is 1. The van der Waals surface area contributed by atoms with Crippen LogP contribution in [-0.4, -0.2) is 35.7 Å². The number of benzene rings is 1. The van der Waals surface area contributed by atoms with Gasteiger partial charge in [0, 0.05) is 12.3 Å². The standard InChI is InChI=1S/C11H13FN2O3S/c1-18-5-4-13-11(17)14-9-3-2-7(10(15)16)6-8(9)12/h2-3,6H,4-5H2,1H3,(H,15,16)(H2,13,14,17). The van der Waals surface area contributed by atoms with E-state index < -0.39 is 17.8 Å². The molecule has 0 aromatic heterocycles. The molecule has 0 aliphatic rings. The van der Waals surface area contributed by atoms with Gasteiger partial charge in [-0.1, -0.05) is 0 Å². The van der Waals surface area contributed by atoms with Gasteiger partial charge in [-0.25, -0.2) is 14.0 Å². The predicted molar refractivity (Wildman–Crippen MR) is 68.8 cm³/mol. The Morgan fingerprint density at radius 3 is 2.72 bits per heavy atom. The first kappa shape index (κ1) is 14.3. The van der Waals surface area contributed by atoms with Crippen molar-refractivity contribution in [3.05, 3.63) is 29.6 Å². The molecule has 0 unspecified atom stereocenters. The SMILES string of the molecule is CSCCNC(=O)Nc1ccc(C(=O)O)cc1F. The van der Waals surface area contributed by atoms with Gasteiger partial charge < -0.3 is 15.7 Å². The smallest absolute Gasteiger partial charge is 0.335 e. The Kier molecular flexibility index (Phi) is 5.44. The number of carboxylic acids is 1. The largest absolute Gasteiger partial charge is 0.478 e. The Bertz CT molecular complexity index is 454. The third-order valence-electron chi connectivity index (χ3n) is 2.06. The summed E-state index contributed by atoms with van der Waals surface area (Å²) in [4.78, 5) is 21.9. The summed E-state index contributed by atoms with van der Waals surface area (Å²) in [5.41, 5.74) is -0.220. The molecule has 18 heavy (non-hydrogen) atoms. The van der Waals surface area contributed by atoms with Crippen LogP contribution in [0.1, 0.15) is 10.4 Å². The molecule has 5 nitrogen and oxygen atoms in total. The molecule has 0 bridgehead atoms. The summed E-state index contributed by atoms with van der Waals surface area (Å²) in [5, 5.41) is 13.5. The number of halogens is 1. The lowest BCUT2D eigenvalue weighted by atomic mass is 10.2. The van der Waals surface area contributed by atoms with E-state index in [2.05, 4.69) is 10.6 Å². The summed E-state index contributed by atoms with van der Waals surface area (Å²) >= 11 is 1.58. The molecule has 1 rings (SSSR count). The number of carbonyl (C=O) groups excluding carboxylic acids is 1. The molecule has 7 heteroatoms. The zero-order valence-corrected chi connectivity index (χ0v) is 10.5. The van der Waals surface area contributed by atoms with Crippen LogP contribution in [0.2, 0.25) is 0 Å². The van der Waals surface area contributed by atoms with E-state index in [0.29, 0.717) is 6.54 Å². The van der Waals surface area contributed by atoms with E-state index in [1.807, 2.05) is 6.26 Å². The van der Waals surface area contributed by atoms with Crippen LogP contribution in [0.5, 0.6) is 0 Å². The van der Waals surface area contributed by atoms with Crippen LogP contribution in [0.15, 0.2) is 18.2 Å². The number of carboxylic acid groups (broad SMARTS) is 1. The van der Waals surface area contributed by atoms with Crippen molar-refractivity contribution < 1.29 is 19.1 Å². The van der Waals surface area contributed by atoms with Gasteiger partial charge in [-0.3, -0.25) is 0 Å². The number of nitrogens with one attached hydrogen (secondary N) is 2. The molecule has 1 aromatic carbocycles. The van der Waals surface area contributed by atoms with E-state index in [-0.39, 0.29) is 11.3 Å². The van der Waals surface area contributed by atoms with E-state index in [9.17, 15) is 14.0 Å². The molecule has 0 radical (unpaired) electrons. The number of thioether (sulfide) groups is 1. The van der Waals surface area contributed by atoms with Crippen molar-refractivity contribution in [3.8, 4) is 0 Å². The molecule has 0 aliphatic heterocycles. The lowest BCUT2D eigenvalue weighted by Crippen LogP contribution is -2.30. The Morgan fingerprint density at radius 1 is 1.44 bits per heavy atom. The fraction of sp³-hybridized carbons (Fsp3) is 0.273. The molecule has 3 N–H and O–H groups in total. The molecule has 0 saturated carbocycles. The first-order valence-corrected chi connectivity index (χ1v) is 6.50. The van der Waals surface area contributed by atoms with Crippen LogP contribution in [0.4, 0.5) is 14.9 Å². The number of carbonyl (C=O) groups is 2.